The van der Waals surface area contributed by atoms with E-state index in [2.05, 4.69) is 34.4 Å². The molecule has 11 heteroatoms. The Balaban J connectivity index is 1.66. The number of hydrogen-bond donors (Lipinski definition) is 2. The van der Waals surface area contributed by atoms with Crippen LogP contribution in [0.25, 0.3) is 0 Å². The second-order valence-electron chi connectivity index (χ2n) is 10.1. The van der Waals surface area contributed by atoms with Crippen LogP contribution in [0.2, 0.25) is 5.02 Å². The van der Waals surface area contributed by atoms with Gasteiger partial charge in [-0.1, -0.05) is 57.5 Å². The van der Waals surface area contributed by atoms with E-state index in [4.69, 9.17) is 16.3 Å². The third-order valence-corrected chi connectivity index (χ3v) is 6.73. The van der Waals surface area contributed by atoms with E-state index >= 15 is 0 Å². The third kappa shape index (κ3) is 5.65. The zero-order valence-electron chi connectivity index (χ0n) is 21.7. The van der Waals surface area contributed by atoms with Gasteiger partial charge in [-0.15, -0.1) is 0 Å². The molecule has 2 heterocycles. The molecule has 0 atom stereocenters. The van der Waals surface area contributed by atoms with Crippen LogP contribution in [0.15, 0.2) is 42.6 Å². The van der Waals surface area contributed by atoms with Crippen molar-refractivity contribution in [3.05, 3.63) is 64.3 Å². The summed E-state index contributed by atoms with van der Waals surface area (Å²) in [5.41, 5.74) is 3.14. The monoisotopic (exact) mass is 547 g/mol. The molecule has 3 aromatic rings. The Hall–Kier alpha value is -3.53. The fraction of sp³-hybridized carbons (Fsp3) is 0.370. The summed E-state index contributed by atoms with van der Waals surface area (Å²) in [7, 11) is 1.46. The quantitative estimate of drug-likeness (QED) is 0.348. The second kappa shape index (κ2) is 10.3. The lowest BCUT2D eigenvalue weighted by atomic mass is 9.78. The molecular formula is C27H29ClF3N5O2. The standard InChI is InChI=1S/C27H29ClF3N5O2/c1-15(2)17-8-6-7-9-20(17)33-23-19(28)12-32-25(35-23)34-21-11-18-16(10-22(21)38-5)13-36(14-26(18,3)4)24(37)27(29,30)31/h6-12,15H,13-14H2,1-5H3,(H2,32,33,34,35). The van der Waals surface area contributed by atoms with Crippen LogP contribution in [0.3, 0.4) is 0 Å². The molecule has 0 fully saturated rings. The molecule has 2 aromatic carbocycles. The van der Waals surface area contributed by atoms with Crippen LogP contribution in [0.5, 0.6) is 5.75 Å². The first-order valence-corrected chi connectivity index (χ1v) is 12.4. The molecule has 0 aliphatic carbocycles. The Morgan fingerprint density at radius 1 is 1.16 bits per heavy atom. The number of fused-ring (bicyclic) bond motifs is 1. The van der Waals surface area contributed by atoms with Crippen LogP contribution >= 0.6 is 11.6 Å². The number of rotatable bonds is 6. The van der Waals surface area contributed by atoms with E-state index in [1.807, 2.05) is 30.3 Å². The summed E-state index contributed by atoms with van der Waals surface area (Å²) in [5, 5.41) is 6.77. The first-order chi connectivity index (χ1) is 17.8. The summed E-state index contributed by atoms with van der Waals surface area (Å²) in [6.45, 7) is 7.53. The molecule has 0 spiro atoms. The molecule has 1 aliphatic rings. The molecule has 38 heavy (non-hydrogen) atoms. The van der Waals surface area contributed by atoms with E-state index in [-0.39, 0.29) is 25.0 Å². The van der Waals surface area contributed by atoms with Crippen molar-refractivity contribution in [2.45, 2.75) is 51.7 Å². The Kier molecular flexibility index (Phi) is 7.47. The number of methoxy groups -OCH3 is 1. The van der Waals surface area contributed by atoms with Gasteiger partial charge in [0, 0.05) is 24.2 Å². The molecule has 0 unspecified atom stereocenters. The van der Waals surface area contributed by atoms with Gasteiger partial charge in [-0.25, -0.2) is 4.98 Å². The highest BCUT2D eigenvalue weighted by molar-refractivity contribution is 6.32. The zero-order valence-corrected chi connectivity index (χ0v) is 22.5. The molecule has 0 saturated heterocycles. The lowest BCUT2D eigenvalue weighted by molar-refractivity contribution is -0.187. The highest BCUT2D eigenvalue weighted by atomic mass is 35.5. The summed E-state index contributed by atoms with van der Waals surface area (Å²) in [6.07, 6.45) is -3.46. The number of benzene rings is 2. The van der Waals surface area contributed by atoms with E-state index in [1.165, 1.54) is 13.3 Å². The smallest absolute Gasteiger partial charge is 0.471 e. The van der Waals surface area contributed by atoms with Gasteiger partial charge in [-0.3, -0.25) is 4.79 Å². The van der Waals surface area contributed by atoms with Crippen LogP contribution < -0.4 is 15.4 Å². The lowest BCUT2D eigenvalue weighted by Crippen LogP contribution is -2.49. The van der Waals surface area contributed by atoms with Crippen molar-refractivity contribution in [2.75, 3.05) is 24.3 Å². The SMILES string of the molecule is COc1cc2c(cc1Nc1ncc(Cl)c(Nc3ccccc3C(C)C)n1)C(C)(C)CN(C(=O)C(F)(F)F)C2. The summed E-state index contributed by atoms with van der Waals surface area (Å²) in [5.74, 6) is -0.539. The maximum absolute atomic E-state index is 13.1. The fourth-order valence-corrected chi connectivity index (χ4v) is 4.81. The van der Waals surface area contributed by atoms with Gasteiger partial charge in [-0.2, -0.15) is 18.2 Å². The first-order valence-electron chi connectivity index (χ1n) is 12.0. The van der Waals surface area contributed by atoms with Crippen molar-refractivity contribution >= 4 is 40.6 Å². The summed E-state index contributed by atoms with van der Waals surface area (Å²) < 4.78 is 44.9. The highest BCUT2D eigenvalue weighted by Crippen LogP contribution is 2.41. The van der Waals surface area contributed by atoms with Crippen LogP contribution in [-0.2, 0) is 16.8 Å². The molecule has 7 nitrogen and oxygen atoms in total. The molecule has 1 aromatic heterocycles. The molecule has 4 rings (SSSR count). The minimum absolute atomic E-state index is 0.0785. The minimum atomic E-state index is -4.94. The number of amides is 1. The Morgan fingerprint density at radius 3 is 2.53 bits per heavy atom. The predicted molar refractivity (Wildman–Crippen MR) is 142 cm³/mol. The van der Waals surface area contributed by atoms with Crippen molar-refractivity contribution in [1.82, 2.24) is 14.9 Å². The predicted octanol–water partition coefficient (Wildman–Crippen LogP) is 6.93. The molecule has 202 valence electrons. The van der Waals surface area contributed by atoms with Crippen molar-refractivity contribution in [3.63, 3.8) is 0 Å². The number of carbonyl (C=O) groups excluding carboxylic acids is 1. The van der Waals surface area contributed by atoms with Crippen molar-refractivity contribution in [3.8, 4) is 5.75 Å². The highest BCUT2D eigenvalue weighted by Gasteiger charge is 2.46. The topological polar surface area (TPSA) is 79.4 Å². The number of nitrogens with one attached hydrogen (secondary N) is 2. The van der Waals surface area contributed by atoms with E-state index in [0.29, 0.717) is 27.8 Å². The van der Waals surface area contributed by atoms with Crippen LogP contribution in [0.1, 0.15) is 50.3 Å². The second-order valence-corrected chi connectivity index (χ2v) is 10.5. The zero-order chi connectivity index (χ0) is 27.8. The summed E-state index contributed by atoms with van der Waals surface area (Å²) in [6, 6.07) is 11.3. The molecule has 2 N–H and O–H groups in total. The van der Waals surface area contributed by atoms with Crippen LogP contribution in [0.4, 0.5) is 36.3 Å². The number of aromatic nitrogens is 2. The van der Waals surface area contributed by atoms with Gasteiger partial charge in [0.1, 0.15) is 10.8 Å². The lowest BCUT2D eigenvalue weighted by Gasteiger charge is -2.40. The molecule has 1 aliphatic heterocycles. The fourth-order valence-electron chi connectivity index (χ4n) is 4.67. The van der Waals surface area contributed by atoms with Gasteiger partial charge < -0.3 is 20.3 Å². The number of halogens is 4. The average Bonchev–Trinajstić information content (AvgIpc) is 2.84. The molecule has 0 saturated carbocycles. The Morgan fingerprint density at radius 2 is 1.87 bits per heavy atom. The van der Waals surface area contributed by atoms with Crippen LogP contribution in [0, 0.1) is 0 Å². The number of carbonyl (C=O) groups is 1. The first kappa shape index (κ1) is 27.5. The molecule has 0 radical (unpaired) electrons. The molecular weight excluding hydrogens is 519 g/mol. The normalized spacial score (nSPS) is 14.7. The van der Waals surface area contributed by atoms with E-state index in [9.17, 15) is 18.0 Å². The third-order valence-electron chi connectivity index (χ3n) is 6.46. The molecule has 1 amide bonds. The Labute approximate surface area is 224 Å². The van der Waals surface area contributed by atoms with Crippen molar-refractivity contribution in [1.29, 1.82) is 0 Å². The summed E-state index contributed by atoms with van der Waals surface area (Å²) >= 11 is 6.39. The van der Waals surface area contributed by atoms with Gasteiger partial charge in [0.15, 0.2) is 5.82 Å². The summed E-state index contributed by atoms with van der Waals surface area (Å²) in [4.78, 5) is 21.6. The molecule has 0 bridgehead atoms. The van der Waals surface area contributed by atoms with Gasteiger partial charge in [-0.05, 0) is 40.8 Å². The number of ether oxygens (including phenoxy) is 1. The minimum Gasteiger partial charge on any atom is -0.495 e. The van der Waals surface area contributed by atoms with E-state index in [0.717, 1.165) is 21.7 Å². The number of nitrogens with zero attached hydrogens (tertiary/aromatic N) is 3. The van der Waals surface area contributed by atoms with Gasteiger partial charge in [0.05, 0.1) is 19.0 Å². The number of alkyl halides is 3. The van der Waals surface area contributed by atoms with Gasteiger partial charge >= 0.3 is 12.1 Å². The van der Waals surface area contributed by atoms with Crippen molar-refractivity contribution < 1.29 is 22.7 Å². The van der Waals surface area contributed by atoms with Gasteiger partial charge in [0.2, 0.25) is 5.95 Å². The number of para-hydroxylation sites is 1. The van der Waals surface area contributed by atoms with Gasteiger partial charge in [0.25, 0.3) is 0 Å². The van der Waals surface area contributed by atoms with Crippen LogP contribution in [-0.4, -0.2) is 40.6 Å². The number of anilines is 4. The van der Waals surface area contributed by atoms with E-state index in [1.54, 1.807) is 19.9 Å². The maximum Gasteiger partial charge on any atom is 0.471 e. The average molecular weight is 548 g/mol. The number of hydrogen-bond acceptors (Lipinski definition) is 6. The van der Waals surface area contributed by atoms with Crippen molar-refractivity contribution in [2.24, 2.45) is 0 Å². The van der Waals surface area contributed by atoms with E-state index < -0.39 is 17.5 Å². The largest absolute Gasteiger partial charge is 0.495 e. The Bertz CT molecular complexity index is 1360. The maximum atomic E-state index is 13.1.